The molecule has 1 aromatic carbocycles. The molecule has 0 radical (unpaired) electrons. The van der Waals surface area contributed by atoms with Crippen LogP contribution in [-0.2, 0) is 6.54 Å². The van der Waals surface area contributed by atoms with E-state index in [1.54, 1.807) is 6.20 Å². The van der Waals surface area contributed by atoms with Crippen molar-refractivity contribution in [3.05, 3.63) is 47.8 Å². The highest BCUT2D eigenvalue weighted by atomic mass is 35.5. The Morgan fingerprint density at radius 1 is 1.14 bits per heavy atom. The molecule has 1 atom stereocenters. The van der Waals surface area contributed by atoms with Crippen molar-refractivity contribution in [2.45, 2.75) is 44.3 Å². The van der Waals surface area contributed by atoms with E-state index in [9.17, 15) is 4.79 Å². The third kappa shape index (κ3) is 6.40. The first-order valence-corrected chi connectivity index (χ1v) is 9.97. The van der Waals surface area contributed by atoms with Crippen LogP contribution in [0.3, 0.4) is 0 Å². The normalized spacial score (nSPS) is 20.3. The average molecular weight is 441 g/mol. The number of carbonyl (C=O) groups is 1. The van der Waals surface area contributed by atoms with E-state index >= 15 is 0 Å². The number of likely N-dealkylation sites (tertiary alicyclic amines) is 1. The predicted octanol–water partition coefficient (Wildman–Crippen LogP) is 2.44. The van der Waals surface area contributed by atoms with E-state index in [4.69, 9.17) is 0 Å². The van der Waals surface area contributed by atoms with Gasteiger partial charge in [0.15, 0.2) is 5.69 Å². The fourth-order valence-electron chi connectivity index (χ4n) is 4.05. The molecule has 29 heavy (non-hydrogen) atoms. The van der Waals surface area contributed by atoms with Crippen LogP contribution in [0, 0.1) is 0 Å². The van der Waals surface area contributed by atoms with Gasteiger partial charge in [-0.1, -0.05) is 35.5 Å². The standard InChI is InChI=1S/C20H28N6O.2ClH/c27-20(19-15-26(24-23-19)18-8-10-21-11-9-18)22-17-7-4-12-25(14-17)13-16-5-2-1-3-6-16;;/h1-3,5-6,15,17-18,21H,4,7-14H2,(H,22,27);2*1H. The first kappa shape index (κ1) is 23.6. The molecule has 2 saturated heterocycles. The summed E-state index contributed by atoms with van der Waals surface area (Å²) >= 11 is 0. The Kier molecular flexibility index (Phi) is 9.36. The molecule has 160 valence electrons. The molecule has 9 heteroatoms. The van der Waals surface area contributed by atoms with Gasteiger partial charge in [0.05, 0.1) is 12.2 Å². The van der Waals surface area contributed by atoms with Crippen molar-refractivity contribution in [3.8, 4) is 0 Å². The molecule has 7 nitrogen and oxygen atoms in total. The third-order valence-corrected chi connectivity index (χ3v) is 5.52. The molecule has 4 rings (SSSR count). The van der Waals surface area contributed by atoms with E-state index in [0.717, 1.165) is 58.4 Å². The first-order chi connectivity index (χ1) is 13.3. The van der Waals surface area contributed by atoms with Crippen molar-refractivity contribution in [1.82, 2.24) is 30.5 Å². The molecule has 2 aliphatic heterocycles. The predicted molar refractivity (Wildman–Crippen MR) is 118 cm³/mol. The van der Waals surface area contributed by atoms with Crippen molar-refractivity contribution in [2.24, 2.45) is 0 Å². The summed E-state index contributed by atoms with van der Waals surface area (Å²) in [6, 6.07) is 11.0. The molecule has 1 unspecified atom stereocenters. The number of piperidine rings is 2. The van der Waals surface area contributed by atoms with E-state index in [1.165, 1.54) is 5.56 Å². The molecule has 0 spiro atoms. The van der Waals surface area contributed by atoms with Crippen LogP contribution in [0.5, 0.6) is 0 Å². The third-order valence-electron chi connectivity index (χ3n) is 5.52. The quantitative estimate of drug-likeness (QED) is 0.746. The zero-order chi connectivity index (χ0) is 18.5. The smallest absolute Gasteiger partial charge is 0.273 e. The number of nitrogens with zero attached hydrogens (tertiary/aromatic N) is 4. The molecule has 1 amide bonds. The minimum atomic E-state index is -0.109. The van der Waals surface area contributed by atoms with Gasteiger partial charge in [-0.3, -0.25) is 9.69 Å². The van der Waals surface area contributed by atoms with Gasteiger partial charge in [0, 0.05) is 19.1 Å². The molecular weight excluding hydrogens is 411 g/mol. The summed E-state index contributed by atoms with van der Waals surface area (Å²) in [5.41, 5.74) is 1.74. The highest BCUT2D eigenvalue weighted by Gasteiger charge is 2.24. The molecule has 0 aliphatic carbocycles. The maximum atomic E-state index is 12.6. The maximum Gasteiger partial charge on any atom is 0.273 e. The number of halogens is 2. The summed E-state index contributed by atoms with van der Waals surface area (Å²) in [6.07, 6.45) is 5.97. The van der Waals surface area contributed by atoms with Crippen LogP contribution < -0.4 is 10.6 Å². The van der Waals surface area contributed by atoms with Crippen LogP contribution in [0.1, 0.15) is 47.8 Å². The lowest BCUT2D eigenvalue weighted by atomic mass is 10.0. The van der Waals surface area contributed by atoms with Gasteiger partial charge in [-0.05, 0) is 50.9 Å². The van der Waals surface area contributed by atoms with E-state index in [1.807, 2.05) is 10.7 Å². The Balaban J connectivity index is 0.00000150. The van der Waals surface area contributed by atoms with Gasteiger partial charge >= 0.3 is 0 Å². The van der Waals surface area contributed by atoms with Gasteiger partial charge in [0.25, 0.3) is 5.91 Å². The second kappa shape index (κ2) is 11.5. The van der Waals surface area contributed by atoms with Crippen molar-refractivity contribution in [3.63, 3.8) is 0 Å². The lowest BCUT2D eigenvalue weighted by molar-refractivity contribution is 0.0895. The van der Waals surface area contributed by atoms with Crippen LogP contribution in [-0.4, -0.2) is 58.0 Å². The monoisotopic (exact) mass is 440 g/mol. The number of aromatic nitrogens is 3. The van der Waals surface area contributed by atoms with E-state index < -0.39 is 0 Å². The SMILES string of the molecule is Cl.Cl.O=C(NC1CCCN(Cc2ccccc2)C1)c1cn(C2CCNCC2)nn1. The first-order valence-electron chi connectivity index (χ1n) is 9.97. The van der Waals surface area contributed by atoms with Crippen molar-refractivity contribution in [2.75, 3.05) is 26.2 Å². The molecule has 0 saturated carbocycles. The fraction of sp³-hybridized carbons (Fsp3) is 0.550. The summed E-state index contributed by atoms with van der Waals surface area (Å²) in [6.45, 7) is 4.87. The number of carbonyl (C=O) groups excluding carboxylic acids is 1. The Morgan fingerprint density at radius 2 is 1.90 bits per heavy atom. The Morgan fingerprint density at radius 3 is 2.66 bits per heavy atom. The Bertz CT molecular complexity index is 750. The molecule has 1 aromatic heterocycles. The summed E-state index contributed by atoms with van der Waals surface area (Å²) < 4.78 is 1.86. The lowest BCUT2D eigenvalue weighted by Gasteiger charge is -2.33. The van der Waals surface area contributed by atoms with Gasteiger partial charge in [0.2, 0.25) is 0 Å². The summed E-state index contributed by atoms with van der Waals surface area (Å²) in [7, 11) is 0. The van der Waals surface area contributed by atoms with E-state index in [2.05, 4.69) is 50.1 Å². The second-order valence-corrected chi connectivity index (χ2v) is 7.60. The number of hydrogen-bond donors (Lipinski definition) is 2. The van der Waals surface area contributed by atoms with Crippen molar-refractivity contribution >= 4 is 30.7 Å². The maximum absolute atomic E-state index is 12.6. The molecule has 2 aromatic rings. The molecule has 2 aliphatic rings. The molecular formula is C20H30Cl2N6O. The zero-order valence-electron chi connectivity index (χ0n) is 16.5. The molecule has 3 heterocycles. The van der Waals surface area contributed by atoms with Crippen molar-refractivity contribution < 1.29 is 4.79 Å². The Labute approximate surface area is 184 Å². The minimum Gasteiger partial charge on any atom is -0.347 e. The van der Waals surface area contributed by atoms with Gasteiger partial charge in [-0.25, -0.2) is 4.68 Å². The van der Waals surface area contributed by atoms with E-state index in [0.29, 0.717) is 11.7 Å². The second-order valence-electron chi connectivity index (χ2n) is 7.60. The number of nitrogens with one attached hydrogen (secondary N) is 2. The van der Waals surface area contributed by atoms with Gasteiger partial charge in [-0.15, -0.1) is 29.9 Å². The number of benzene rings is 1. The number of hydrogen-bond acceptors (Lipinski definition) is 5. The molecule has 2 fully saturated rings. The topological polar surface area (TPSA) is 75.1 Å². The van der Waals surface area contributed by atoms with Crippen LogP contribution >= 0.6 is 24.8 Å². The molecule has 2 N–H and O–H groups in total. The average Bonchev–Trinajstić information content (AvgIpc) is 3.20. The van der Waals surface area contributed by atoms with Crippen molar-refractivity contribution in [1.29, 1.82) is 0 Å². The highest BCUT2D eigenvalue weighted by Crippen LogP contribution is 2.18. The van der Waals surface area contributed by atoms with Gasteiger partial charge in [-0.2, -0.15) is 0 Å². The summed E-state index contributed by atoms with van der Waals surface area (Å²) in [4.78, 5) is 15.0. The Hall–Kier alpha value is -1.67. The largest absolute Gasteiger partial charge is 0.347 e. The highest BCUT2D eigenvalue weighted by molar-refractivity contribution is 5.92. The summed E-state index contributed by atoms with van der Waals surface area (Å²) in [5, 5.41) is 14.8. The lowest BCUT2D eigenvalue weighted by Crippen LogP contribution is -2.47. The molecule has 0 bridgehead atoms. The van der Waals surface area contributed by atoms with Crippen LogP contribution in [0.15, 0.2) is 36.5 Å². The zero-order valence-corrected chi connectivity index (χ0v) is 18.1. The van der Waals surface area contributed by atoms with E-state index in [-0.39, 0.29) is 36.8 Å². The summed E-state index contributed by atoms with van der Waals surface area (Å²) in [5.74, 6) is -0.109. The fourth-order valence-corrected chi connectivity index (χ4v) is 4.05. The van der Waals surface area contributed by atoms with Gasteiger partial charge in [0.1, 0.15) is 0 Å². The van der Waals surface area contributed by atoms with Gasteiger partial charge < -0.3 is 10.6 Å². The van der Waals surface area contributed by atoms with Crippen LogP contribution in [0.2, 0.25) is 0 Å². The number of rotatable bonds is 5. The van der Waals surface area contributed by atoms with Crippen LogP contribution in [0.4, 0.5) is 0 Å². The minimum absolute atomic E-state index is 0. The number of amides is 1. The van der Waals surface area contributed by atoms with Crippen LogP contribution in [0.25, 0.3) is 0 Å².